The summed E-state index contributed by atoms with van der Waals surface area (Å²) in [6.07, 6.45) is 0.924. The minimum absolute atomic E-state index is 0.124. The van der Waals surface area contributed by atoms with Crippen molar-refractivity contribution < 1.29 is 9.53 Å². The highest BCUT2D eigenvalue weighted by Gasteiger charge is 2.35. The van der Waals surface area contributed by atoms with E-state index >= 15 is 0 Å². The van der Waals surface area contributed by atoms with Gasteiger partial charge in [-0.2, -0.15) is 0 Å². The molecule has 0 heterocycles. The number of benzene rings is 1. The van der Waals surface area contributed by atoms with Crippen LogP contribution in [0.25, 0.3) is 0 Å². The Morgan fingerprint density at radius 3 is 2.38 bits per heavy atom. The maximum atomic E-state index is 13.0. The number of nitrogen functional groups attached to an aromatic ring is 1. The number of rotatable bonds is 7. The second-order valence-corrected chi connectivity index (χ2v) is 6.00. The molecule has 0 spiro atoms. The molecular formula is C17H28N2O2. The molecule has 0 saturated heterocycles. The van der Waals surface area contributed by atoms with Crippen LogP contribution in [0.2, 0.25) is 0 Å². The van der Waals surface area contributed by atoms with E-state index in [1.807, 2.05) is 43.0 Å². The highest BCUT2D eigenvalue weighted by Crippen LogP contribution is 2.27. The van der Waals surface area contributed by atoms with Crippen molar-refractivity contribution in [1.82, 2.24) is 4.90 Å². The molecule has 0 fully saturated rings. The van der Waals surface area contributed by atoms with Crippen LogP contribution in [0, 0.1) is 0 Å². The van der Waals surface area contributed by atoms with Gasteiger partial charge in [0, 0.05) is 25.4 Å². The van der Waals surface area contributed by atoms with Gasteiger partial charge in [0.1, 0.15) is 0 Å². The van der Waals surface area contributed by atoms with Crippen molar-refractivity contribution in [2.75, 3.05) is 26.0 Å². The second kappa shape index (κ2) is 7.46. The van der Waals surface area contributed by atoms with Crippen molar-refractivity contribution >= 4 is 11.6 Å². The Balaban J connectivity index is 3.01. The third kappa shape index (κ3) is 4.21. The van der Waals surface area contributed by atoms with E-state index in [4.69, 9.17) is 10.5 Å². The lowest BCUT2D eigenvalue weighted by Gasteiger charge is -2.36. The summed E-state index contributed by atoms with van der Waals surface area (Å²) in [6, 6.07) is 7.73. The number of hydrogen-bond acceptors (Lipinski definition) is 3. The van der Waals surface area contributed by atoms with Crippen molar-refractivity contribution in [3.05, 3.63) is 29.8 Å². The molecule has 21 heavy (non-hydrogen) atoms. The smallest absolute Gasteiger partial charge is 0.232 e. The van der Waals surface area contributed by atoms with E-state index < -0.39 is 5.41 Å². The fourth-order valence-electron chi connectivity index (χ4n) is 2.31. The van der Waals surface area contributed by atoms with Crippen LogP contribution in [0.3, 0.4) is 0 Å². The lowest BCUT2D eigenvalue weighted by Crippen LogP contribution is -2.48. The molecule has 2 N–H and O–H groups in total. The molecule has 0 radical (unpaired) electrons. The van der Waals surface area contributed by atoms with Gasteiger partial charge in [0.15, 0.2) is 0 Å². The van der Waals surface area contributed by atoms with E-state index in [0.29, 0.717) is 18.8 Å². The third-order valence-corrected chi connectivity index (χ3v) is 4.09. The Hall–Kier alpha value is -1.55. The second-order valence-electron chi connectivity index (χ2n) is 6.00. The maximum Gasteiger partial charge on any atom is 0.232 e. The fourth-order valence-corrected chi connectivity index (χ4v) is 2.31. The van der Waals surface area contributed by atoms with E-state index in [1.165, 1.54) is 0 Å². The predicted octanol–water partition coefficient (Wildman–Crippen LogP) is 2.82. The van der Waals surface area contributed by atoms with Gasteiger partial charge in [0.2, 0.25) is 5.91 Å². The molecule has 0 aliphatic carbocycles. The molecule has 0 saturated carbocycles. The first-order valence-electron chi connectivity index (χ1n) is 7.50. The van der Waals surface area contributed by atoms with E-state index in [1.54, 1.807) is 7.11 Å². The summed E-state index contributed by atoms with van der Waals surface area (Å²) in [6.45, 7) is 9.25. The zero-order valence-corrected chi connectivity index (χ0v) is 13.8. The summed E-state index contributed by atoms with van der Waals surface area (Å²) in [5, 5.41) is 0. The molecule has 0 bridgehead atoms. The Kier molecular flexibility index (Phi) is 6.21. The Morgan fingerprint density at radius 1 is 1.33 bits per heavy atom. The number of nitrogens with two attached hydrogens (primary N) is 1. The van der Waals surface area contributed by atoms with Crippen molar-refractivity contribution in [3.63, 3.8) is 0 Å². The number of carbonyl (C=O) groups is 1. The lowest BCUT2D eigenvalue weighted by atomic mass is 9.82. The van der Waals surface area contributed by atoms with Gasteiger partial charge in [-0.05, 0) is 44.9 Å². The molecule has 1 unspecified atom stereocenters. The number of hydrogen-bond donors (Lipinski definition) is 1. The van der Waals surface area contributed by atoms with Crippen molar-refractivity contribution in [2.24, 2.45) is 0 Å². The molecule has 1 atom stereocenters. The normalized spacial score (nSPS) is 13.0. The monoisotopic (exact) mass is 292 g/mol. The zero-order chi connectivity index (χ0) is 16.0. The van der Waals surface area contributed by atoms with E-state index in [2.05, 4.69) is 13.8 Å². The summed E-state index contributed by atoms with van der Waals surface area (Å²) in [7, 11) is 1.66. The maximum absolute atomic E-state index is 13.0. The number of nitrogens with zero attached hydrogens (tertiary/aromatic N) is 1. The SMILES string of the molecule is CCC(C)N(CCOC)C(=O)C(C)(C)c1ccc(N)cc1. The largest absolute Gasteiger partial charge is 0.399 e. The number of methoxy groups -OCH3 is 1. The van der Waals surface area contributed by atoms with Crippen molar-refractivity contribution in [2.45, 2.75) is 45.6 Å². The van der Waals surface area contributed by atoms with Crippen LogP contribution in [0.5, 0.6) is 0 Å². The van der Waals surface area contributed by atoms with Crippen LogP contribution in [0.1, 0.15) is 39.7 Å². The van der Waals surface area contributed by atoms with Crippen molar-refractivity contribution in [1.29, 1.82) is 0 Å². The molecular weight excluding hydrogens is 264 g/mol. The molecule has 1 aromatic rings. The number of anilines is 1. The Bertz CT molecular complexity index is 454. The van der Waals surface area contributed by atoms with Crippen LogP contribution < -0.4 is 5.73 Å². The minimum atomic E-state index is -0.579. The lowest BCUT2D eigenvalue weighted by molar-refractivity contribution is -0.139. The molecule has 0 aromatic heterocycles. The quantitative estimate of drug-likeness (QED) is 0.786. The van der Waals surface area contributed by atoms with Gasteiger partial charge in [-0.3, -0.25) is 4.79 Å². The standard InChI is InChI=1S/C17H28N2O2/c1-6-13(2)19(11-12-21-5)16(20)17(3,4)14-7-9-15(18)10-8-14/h7-10,13H,6,11-12,18H2,1-5H3. The number of amides is 1. The van der Waals surface area contributed by atoms with Crippen LogP contribution in [0.4, 0.5) is 5.69 Å². The summed E-state index contributed by atoms with van der Waals surface area (Å²) in [5.41, 5.74) is 6.84. The third-order valence-electron chi connectivity index (χ3n) is 4.09. The molecule has 0 aliphatic heterocycles. The Morgan fingerprint density at radius 2 is 1.90 bits per heavy atom. The molecule has 1 aromatic carbocycles. The van der Waals surface area contributed by atoms with Crippen molar-refractivity contribution in [3.8, 4) is 0 Å². The Labute approximate surface area is 128 Å². The van der Waals surface area contributed by atoms with Gasteiger partial charge in [0.25, 0.3) is 0 Å². The van der Waals surface area contributed by atoms with E-state index in [-0.39, 0.29) is 11.9 Å². The predicted molar refractivity (Wildman–Crippen MR) is 87.2 cm³/mol. The molecule has 4 nitrogen and oxygen atoms in total. The number of carbonyl (C=O) groups excluding carboxylic acids is 1. The molecule has 0 aliphatic rings. The van der Waals surface area contributed by atoms with Crippen LogP contribution in [-0.2, 0) is 14.9 Å². The summed E-state index contributed by atoms with van der Waals surface area (Å²) in [5.74, 6) is 0.124. The van der Waals surface area contributed by atoms with Gasteiger partial charge in [-0.1, -0.05) is 19.1 Å². The average molecular weight is 292 g/mol. The molecule has 4 heteroatoms. The first-order valence-corrected chi connectivity index (χ1v) is 7.50. The molecule has 1 rings (SSSR count). The highest BCUT2D eigenvalue weighted by atomic mass is 16.5. The summed E-state index contributed by atoms with van der Waals surface area (Å²) < 4.78 is 5.14. The average Bonchev–Trinajstić information content (AvgIpc) is 2.47. The van der Waals surface area contributed by atoms with E-state index in [0.717, 1.165) is 12.0 Å². The minimum Gasteiger partial charge on any atom is -0.399 e. The summed E-state index contributed by atoms with van der Waals surface area (Å²) >= 11 is 0. The van der Waals surface area contributed by atoms with Gasteiger partial charge in [-0.15, -0.1) is 0 Å². The topological polar surface area (TPSA) is 55.6 Å². The van der Waals surface area contributed by atoms with Gasteiger partial charge < -0.3 is 15.4 Å². The van der Waals surface area contributed by atoms with E-state index in [9.17, 15) is 4.79 Å². The zero-order valence-electron chi connectivity index (χ0n) is 13.8. The van der Waals surface area contributed by atoms with Crippen LogP contribution in [0.15, 0.2) is 24.3 Å². The first-order chi connectivity index (χ1) is 9.84. The van der Waals surface area contributed by atoms with Crippen LogP contribution >= 0.6 is 0 Å². The highest BCUT2D eigenvalue weighted by molar-refractivity contribution is 5.87. The van der Waals surface area contributed by atoms with Gasteiger partial charge in [-0.25, -0.2) is 0 Å². The van der Waals surface area contributed by atoms with Gasteiger partial charge in [0.05, 0.1) is 12.0 Å². The van der Waals surface area contributed by atoms with Crippen LogP contribution in [-0.4, -0.2) is 37.1 Å². The fraction of sp³-hybridized carbons (Fsp3) is 0.588. The first kappa shape index (κ1) is 17.5. The number of ether oxygens (including phenoxy) is 1. The van der Waals surface area contributed by atoms with Gasteiger partial charge >= 0.3 is 0 Å². The summed E-state index contributed by atoms with van der Waals surface area (Å²) in [4.78, 5) is 14.9. The molecule has 1 amide bonds. The molecule has 118 valence electrons.